The van der Waals surface area contributed by atoms with Gasteiger partial charge in [0, 0.05) is 33.2 Å². The first-order valence-corrected chi connectivity index (χ1v) is 17.0. The van der Waals surface area contributed by atoms with E-state index in [2.05, 4.69) is 114 Å². The van der Waals surface area contributed by atoms with Crippen molar-refractivity contribution in [3.05, 3.63) is 136 Å². The lowest BCUT2D eigenvalue weighted by molar-refractivity contribution is -0.115. The number of para-hydroxylation sites is 2. The lowest BCUT2D eigenvalue weighted by Crippen LogP contribution is -2.15. The maximum atomic E-state index is 12.4. The first-order chi connectivity index (χ1) is 26.9. The van der Waals surface area contributed by atoms with Crippen LogP contribution in [-0.4, -0.2) is 35.2 Å². The highest BCUT2D eigenvalue weighted by Crippen LogP contribution is 2.22. The molecule has 1 aliphatic rings. The third-order valence-corrected chi connectivity index (χ3v) is 6.82. The van der Waals surface area contributed by atoms with E-state index in [9.17, 15) is 14.4 Å². The van der Waals surface area contributed by atoms with Gasteiger partial charge in [0.15, 0.2) is 5.78 Å². The van der Waals surface area contributed by atoms with E-state index in [0.717, 1.165) is 22.5 Å². The van der Waals surface area contributed by atoms with Crippen molar-refractivity contribution in [3.8, 4) is 83.4 Å². The average molecular weight is 825 g/mol. The average Bonchev–Trinajstić information content (AvgIpc) is 3.39. The van der Waals surface area contributed by atoms with Gasteiger partial charge < -0.3 is 10.6 Å². The molecule has 4 aromatic carbocycles. The van der Waals surface area contributed by atoms with E-state index in [-0.39, 0.29) is 50.0 Å². The summed E-state index contributed by atoms with van der Waals surface area (Å²) in [5.74, 6) is 35.5. The molecule has 0 radical (unpaired) electrons. The number of alkyl halides is 1. The fourth-order valence-electron chi connectivity index (χ4n) is 4.17. The molecule has 57 heavy (non-hydrogen) atoms. The van der Waals surface area contributed by atoms with E-state index in [1.807, 2.05) is 72.8 Å². The Morgan fingerprint density at radius 2 is 1.28 bits per heavy atom. The van der Waals surface area contributed by atoms with Crippen LogP contribution in [0.3, 0.4) is 0 Å². The Bertz CT molecular complexity index is 2460. The number of halogens is 1. The highest BCUT2D eigenvalue weighted by molar-refractivity contribution is 9.09. The van der Waals surface area contributed by atoms with Crippen LogP contribution in [0.1, 0.15) is 54.5 Å². The third-order valence-electron chi connectivity index (χ3n) is 6.31. The summed E-state index contributed by atoms with van der Waals surface area (Å²) in [6.07, 6.45) is 4.87. The van der Waals surface area contributed by atoms with Crippen LogP contribution in [0.5, 0.6) is 0 Å². The second-order valence-corrected chi connectivity index (χ2v) is 10.5. The molecule has 9 nitrogen and oxygen atoms in total. The highest BCUT2D eigenvalue weighted by atomic mass is 79.9. The molecule has 4 N–H and O–H groups in total. The minimum absolute atomic E-state index is 0. The largest absolute Gasteiger partial charge is 0.325 e. The third kappa shape index (κ3) is 19.0. The summed E-state index contributed by atoms with van der Waals surface area (Å²) in [6.45, 7) is 1.87. The number of fused-ring (bicyclic) bond motifs is 1. The Hall–Kier alpha value is -8.04. The van der Waals surface area contributed by atoms with Crippen molar-refractivity contribution in [3.63, 3.8) is 0 Å². The van der Waals surface area contributed by atoms with E-state index in [4.69, 9.17) is 11.3 Å². The van der Waals surface area contributed by atoms with Gasteiger partial charge in [-0.1, -0.05) is 128 Å². The van der Waals surface area contributed by atoms with Crippen molar-refractivity contribution in [1.29, 1.82) is 0 Å². The highest BCUT2D eigenvalue weighted by Gasteiger charge is 2.17. The summed E-state index contributed by atoms with van der Waals surface area (Å²) in [5.41, 5.74) is 5.30. The number of aliphatic imine (C=N–C) groups is 1. The van der Waals surface area contributed by atoms with Gasteiger partial charge in [0.2, 0.25) is 11.8 Å². The van der Waals surface area contributed by atoms with Gasteiger partial charge in [-0.3, -0.25) is 25.2 Å². The number of ketones is 1. The SMILES string of the molecule is C.C.C#CC#CC#CC#CC#CC#CC#CC.NN=O.O=C(CBr)Nc1ccccc1C(=O)c1ccccc1.O=C1CN=C(c2ccccc2)c2ccccc2N1.[HH].[HH].[HH].[HH]. The Morgan fingerprint density at radius 3 is 1.84 bits per heavy atom. The van der Waals surface area contributed by atoms with Gasteiger partial charge >= 0.3 is 0 Å². The van der Waals surface area contributed by atoms with Crippen molar-refractivity contribution >= 4 is 50.6 Å². The fraction of sp³-hybridized carbons (Fsp3) is 0.106. The van der Waals surface area contributed by atoms with Crippen LogP contribution < -0.4 is 16.5 Å². The number of carbonyl (C=O) groups is 3. The lowest BCUT2D eigenvalue weighted by atomic mass is 10.0. The molecule has 0 bridgehead atoms. The standard InChI is InChI=1S/C15H12BrNO2.C15H12N2O.C15H4.2CH4.H2N2O.4H2/c16-10-14(18)17-13-9-5-4-8-12(13)15(19)11-6-2-1-3-7-11;18-14-10-16-15(11-6-2-1-3-7-11)12-8-4-5-9-13(12)17-14;1-3-5-7-9-11-13-15-14-12-10-8-6-4-2;;;1-2-3;;;;/h1-9H,10H2,(H,17,18);1-9H,10H2,(H,17,18);1H,2H3;2*1H4;(H2,1,3);4*1H. The number of rotatable bonds is 5. The summed E-state index contributed by atoms with van der Waals surface area (Å²) in [6, 6.07) is 33.6. The molecule has 290 valence electrons. The number of nitrogens with two attached hydrogens (primary N) is 1. The Balaban J connectivity index is -0.000000239. The molecule has 0 saturated heterocycles. The summed E-state index contributed by atoms with van der Waals surface area (Å²) in [5, 5.41) is 7.52. The van der Waals surface area contributed by atoms with Crippen molar-refractivity contribution in [2.45, 2.75) is 21.8 Å². The molecule has 4 aromatic rings. The number of benzene rings is 4. The van der Waals surface area contributed by atoms with Crippen LogP contribution in [0, 0.1) is 88.3 Å². The molecular weight excluding hydrogens is 778 g/mol. The molecule has 0 spiro atoms. The molecule has 1 heterocycles. The summed E-state index contributed by atoms with van der Waals surface area (Å²) >= 11 is 3.08. The van der Waals surface area contributed by atoms with Gasteiger partial charge in [0.1, 0.15) is 6.54 Å². The van der Waals surface area contributed by atoms with E-state index >= 15 is 0 Å². The zero-order chi connectivity index (χ0) is 39.9. The minimum Gasteiger partial charge on any atom is -0.325 e. The smallest absolute Gasteiger partial charge is 0.246 e. The number of terminal acetylenes is 1. The molecule has 0 saturated carbocycles. The first kappa shape index (κ1) is 49.0. The van der Waals surface area contributed by atoms with Gasteiger partial charge in [0.25, 0.3) is 0 Å². The van der Waals surface area contributed by atoms with E-state index in [1.54, 1.807) is 48.6 Å². The number of nitrogens with one attached hydrogen (secondary N) is 2. The summed E-state index contributed by atoms with van der Waals surface area (Å²) in [7, 11) is 0. The predicted molar refractivity (Wildman–Crippen MR) is 244 cm³/mol. The number of benzodiazepines with no additional fused rings is 1. The first-order valence-electron chi connectivity index (χ1n) is 15.8. The van der Waals surface area contributed by atoms with Gasteiger partial charge in [-0.15, -0.1) is 11.3 Å². The molecule has 10 heteroatoms. The molecule has 0 aromatic heterocycles. The molecular formula is C47H46BrN5O4. The lowest BCUT2D eigenvalue weighted by Gasteiger charge is -2.09. The second kappa shape index (κ2) is 30.4. The van der Waals surface area contributed by atoms with Crippen LogP contribution in [-0.2, 0) is 9.59 Å². The maximum absolute atomic E-state index is 12.4. The van der Waals surface area contributed by atoms with Gasteiger partial charge in [-0.2, -0.15) is 0 Å². The second-order valence-electron chi connectivity index (χ2n) is 9.92. The topological polar surface area (TPSA) is 143 Å². The van der Waals surface area contributed by atoms with Crippen LogP contribution in [0.15, 0.2) is 119 Å². The maximum Gasteiger partial charge on any atom is 0.246 e. The predicted octanol–water partition coefficient (Wildman–Crippen LogP) is 8.27. The molecule has 0 fully saturated rings. The molecule has 2 amide bonds. The Kier molecular flexibility index (Phi) is 26.1. The molecule has 0 unspecified atom stereocenters. The number of nitroso groups, excluding NO2 is 1. The monoisotopic (exact) mass is 823 g/mol. The van der Waals surface area contributed by atoms with Crippen LogP contribution in [0.4, 0.5) is 11.4 Å². The number of nitrogens with zero attached hydrogens (tertiary/aromatic N) is 2. The summed E-state index contributed by atoms with van der Waals surface area (Å²) < 4.78 is 0. The van der Waals surface area contributed by atoms with Crippen molar-refractivity contribution in [2.24, 2.45) is 16.1 Å². The van der Waals surface area contributed by atoms with Crippen LogP contribution in [0.2, 0.25) is 0 Å². The molecule has 0 aliphatic carbocycles. The van der Waals surface area contributed by atoms with Crippen LogP contribution >= 0.6 is 15.9 Å². The van der Waals surface area contributed by atoms with Gasteiger partial charge in [-0.05, 0) is 96.2 Å². The Morgan fingerprint density at radius 1 is 0.789 bits per heavy atom. The summed E-state index contributed by atoms with van der Waals surface area (Å²) in [4.78, 5) is 48.2. The van der Waals surface area contributed by atoms with Crippen LogP contribution in [0.25, 0.3) is 0 Å². The number of anilines is 2. The number of amides is 2. The minimum atomic E-state index is -0.187. The molecule has 0 atom stereocenters. The Labute approximate surface area is 349 Å². The zero-order valence-electron chi connectivity index (χ0n) is 29.4. The van der Waals surface area contributed by atoms with Crippen molar-refractivity contribution < 1.29 is 20.1 Å². The van der Waals surface area contributed by atoms with E-state index < -0.39 is 0 Å². The normalized spacial score (nSPS) is 9.00. The van der Waals surface area contributed by atoms with E-state index in [0.29, 0.717) is 16.8 Å². The number of hydrogen-bond acceptors (Lipinski definition) is 6. The quantitative estimate of drug-likeness (QED) is 0.0464. The van der Waals surface area contributed by atoms with Gasteiger partial charge in [0.05, 0.1) is 22.4 Å². The fourth-order valence-corrected chi connectivity index (χ4v) is 4.31. The zero-order valence-corrected chi connectivity index (χ0v) is 31.0. The van der Waals surface area contributed by atoms with E-state index in [1.165, 1.54) is 0 Å². The van der Waals surface area contributed by atoms with Gasteiger partial charge in [-0.25, -0.2) is 0 Å². The van der Waals surface area contributed by atoms with Crippen molar-refractivity contribution in [2.75, 3.05) is 22.5 Å². The molecule has 1 aliphatic heterocycles. The molecule has 5 rings (SSSR count). The van der Waals surface area contributed by atoms with Crippen molar-refractivity contribution in [1.82, 2.24) is 0 Å². The number of carbonyl (C=O) groups excluding carboxylic acids is 3. The number of hydrogen-bond donors (Lipinski definition) is 3.